The van der Waals surface area contributed by atoms with Gasteiger partial charge in [-0.25, -0.2) is 0 Å². The van der Waals surface area contributed by atoms with E-state index in [4.69, 9.17) is 17.0 Å². The molecule has 1 aromatic carbocycles. The van der Waals surface area contributed by atoms with Crippen LogP contribution in [0.3, 0.4) is 0 Å². The zero-order chi connectivity index (χ0) is 20.4. The van der Waals surface area contributed by atoms with Gasteiger partial charge in [-0.15, -0.1) is 0 Å². The molecule has 0 spiro atoms. The smallest absolute Gasteiger partial charge is 0.270 e. The summed E-state index contributed by atoms with van der Waals surface area (Å²) >= 11 is 5.24. The van der Waals surface area contributed by atoms with Crippen molar-refractivity contribution in [1.82, 2.24) is 9.88 Å². The number of hydrogen-bond acceptors (Lipinski definition) is 4. The number of nitrogens with zero attached hydrogens (tertiary/aromatic N) is 2. The number of anilines is 1. The van der Waals surface area contributed by atoms with Crippen LogP contribution in [-0.2, 0) is 16.1 Å². The van der Waals surface area contributed by atoms with Crippen LogP contribution in [-0.4, -0.2) is 28.1 Å². The summed E-state index contributed by atoms with van der Waals surface area (Å²) < 4.78 is 7.57. The number of ether oxygens (including phenoxy) is 1. The largest absolute Gasteiger partial charge is 0.494 e. The normalized spacial score (nSPS) is 15.9. The van der Waals surface area contributed by atoms with Crippen LogP contribution in [0.15, 0.2) is 35.9 Å². The summed E-state index contributed by atoms with van der Waals surface area (Å²) in [6, 6.07) is 8.99. The Labute approximate surface area is 169 Å². The predicted molar refractivity (Wildman–Crippen MR) is 113 cm³/mol. The predicted octanol–water partition coefficient (Wildman–Crippen LogP) is 3.35. The summed E-state index contributed by atoms with van der Waals surface area (Å²) in [5, 5.41) is 2.68. The van der Waals surface area contributed by atoms with Crippen molar-refractivity contribution in [3.63, 3.8) is 0 Å². The van der Waals surface area contributed by atoms with Gasteiger partial charge in [0.15, 0.2) is 5.11 Å². The number of carbonyl (C=O) groups excluding carboxylic acids is 2. The Morgan fingerprint density at radius 1 is 1.14 bits per heavy atom. The van der Waals surface area contributed by atoms with Gasteiger partial charge < -0.3 is 9.30 Å². The van der Waals surface area contributed by atoms with Crippen molar-refractivity contribution in [3.8, 4) is 5.75 Å². The molecule has 0 atom stereocenters. The molecule has 28 heavy (non-hydrogen) atoms. The number of benzene rings is 1. The second-order valence-electron chi connectivity index (χ2n) is 6.46. The average Bonchev–Trinajstić information content (AvgIpc) is 2.93. The van der Waals surface area contributed by atoms with Crippen LogP contribution < -0.4 is 15.0 Å². The molecule has 0 bridgehead atoms. The molecule has 0 saturated carbocycles. The highest BCUT2D eigenvalue weighted by molar-refractivity contribution is 7.80. The number of rotatable bonds is 5. The molecule has 1 aliphatic heterocycles. The third-order valence-corrected chi connectivity index (χ3v) is 5.02. The minimum atomic E-state index is -0.488. The Bertz CT molecular complexity index is 974. The zero-order valence-electron chi connectivity index (χ0n) is 16.4. The molecule has 0 radical (unpaired) electrons. The lowest BCUT2D eigenvalue weighted by molar-refractivity contribution is -0.122. The topological polar surface area (TPSA) is 63.6 Å². The molecule has 2 aromatic rings. The molecule has 6 nitrogen and oxygen atoms in total. The molecule has 1 aliphatic rings. The molecule has 1 aromatic heterocycles. The van der Waals surface area contributed by atoms with Crippen LogP contribution in [0.2, 0.25) is 0 Å². The van der Waals surface area contributed by atoms with Crippen LogP contribution in [0.5, 0.6) is 5.75 Å². The van der Waals surface area contributed by atoms with Crippen LogP contribution in [0.1, 0.15) is 30.8 Å². The van der Waals surface area contributed by atoms with Gasteiger partial charge in [-0.1, -0.05) is 0 Å². The van der Waals surface area contributed by atoms with Crippen molar-refractivity contribution >= 4 is 40.9 Å². The van der Waals surface area contributed by atoms with Gasteiger partial charge in [-0.2, -0.15) is 0 Å². The highest BCUT2D eigenvalue weighted by Gasteiger charge is 2.34. The summed E-state index contributed by atoms with van der Waals surface area (Å²) in [4.78, 5) is 26.9. The first-order chi connectivity index (χ1) is 13.4. The van der Waals surface area contributed by atoms with Crippen molar-refractivity contribution in [2.75, 3.05) is 11.5 Å². The van der Waals surface area contributed by atoms with Crippen LogP contribution in [0.25, 0.3) is 6.08 Å². The van der Waals surface area contributed by atoms with Gasteiger partial charge in [0.05, 0.1) is 12.3 Å². The van der Waals surface area contributed by atoms with E-state index >= 15 is 0 Å². The molecule has 2 amide bonds. The highest BCUT2D eigenvalue weighted by Crippen LogP contribution is 2.25. The fourth-order valence-corrected chi connectivity index (χ4v) is 3.65. The lowest BCUT2D eigenvalue weighted by Gasteiger charge is -2.29. The Morgan fingerprint density at radius 3 is 2.39 bits per heavy atom. The summed E-state index contributed by atoms with van der Waals surface area (Å²) in [7, 11) is 0. The van der Waals surface area contributed by atoms with Crippen LogP contribution in [0, 0.1) is 13.8 Å². The van der Waals surface area contributed by atoms with E-state index in [9.17, 15) is 9.59 Å². The maximum Gasteiger partial charge on any atom is 0.270 e. The summed E-state index contributed by atoms with van der Waals surface area (Å²) in [5.74, 6) is -0.230. The number of nitrogens with one attached hydrogen (secondary N) is 1. The highest BCUT2D eigenvalue weighted by atomic mass is 32.1. The third-order valence-electron chi connectivity index (χ3n) is 4.74. The van der Waals surface area contributed by atoms with Gasteiger partial charge in [-0.05, 0) is 81.9 Å². The van der Waals surface area contributed by atoms with E-state index in [1.807, 2.05) is 26.8 Å². The van der Waals surface area contributed by atoms with E-state index in [2.05, 4.69) is 16.8 Å². The van der Waals surface area contributed by atoms with E-state index in [-0.39, 0.29) is 10.7 Å². The molecule has 0 aliphatic carbocycles. The number of thiocarbonyl (C=S) groups is 1. The minimum Gasteiger partial charge on any atom is -0.494 e. The number of aryl methyl sites for hydroxylation is 1. The maximum absolute atomic E-state index is 13.1. The molecule has 1 fully saturated rings. The minimum absolute atomic E-state index is 0.0545. The third kappa shape index (κ3) is 3.57. The van der Waals surface area contributed by atoms with Gasteiger partial charge in [0.2, 0.25) is 0 Å². The van der Waals surface area contributed by atoms with Crippen LogP contribution in [0.4, 0.5) is 5.69 Å². The molecule has 1 N–H and O–H groups in total. The lowest BCUT2D eigenvalue weighted by atomic mass is 10.1. The summed E-state index contributed by atoms with van der Waals surface area (Å²) in [6.07, 6.45) is 1.63. The van der Waals surface area contributed by atoms with Crippen molar-refractivity contribution in [2.45, 2.75) is 34.2 Å². The van der Waals surface area contributed by atoms with Crippen molar-refractivity contribution in [2.24, 2.45) is 0 Å². The molecule has 3 rings (SSSR count). The molecule has 146 valence electrons. The molecule has 0 unspecified atom stereocenters. The number of carbonyl (C=O) groups is 2. The van der Waals surface area contributed by atoms with Gasteiger partial charge in [0.1, 0.15) is 11.3 Å². The first-order valence-corrected chi connectivity index (χ1v) is 9.59. The van der Waals surface area contributed by atoms with E-state index in [0.717, 1.165) is 23.5 Å². The number of aromatic nitrogens is 1. The number of amides is 2. The van der Waals surface area contributed by atoms with Gasteiger partial charge in [-0.3, -0.25) is 19.8 Å². The van der Waals surface area contributed by atoms with E-state index in [0.29, 0.717) is 18.0 Å². The maximum atomic E-state index is 13.1. The Morgan fingerprint density at radius 2 is 1.82 bits per heavy atom. The SMILES string of the molecule is CCOc1ccc(N2C(=O)/C(=C/c3cc(C)n(CC)c3C)C(=O)NC2=S)cc1. The van der Waals surface area contributed by atoms with E-state index in [1.165, 1.54) is 4.90 Å². The molecule has 7 heteroatoms. The first-order valence-electron chi connectivity index (χ1n) is 9.18. The van der Waals surface area contributed by atoms with Gasteiger partial charge >= 0.3 is 0 Å². The standard InChI is InChI=1S/C21H23N3O3S/c1-5-23-13(3)11-15(14(23)4)12-18-19(25)22-21(28)24(20(18)26)16-7-9-17(10-8-16)27-6-2/h7-12H,5-6H2,1-4H3,(H,22,25,28)/b18-12+. The Balaban J connectivity index is 1.98. The second-order valence-corrected chi connectivity index (χ2v) is 6.84. The fraction of sp³-hybridized carbons (Fsp3) is 0.286. The first kappa shape index (κ1) is 19.8. The van der Waals surface area contributed by atoms with Crippen molar-refractivity contribution in [3.05, 3.63) is 52.9 Å². The fourth-order valence-electron chi connectivity index (χ4n) is 3.37. The lowest BCUT2D eigenvalue weighted by Crippen LogP contribution is -2.54. The monoisotopic (exact) mass is 397 g/mol. The van der Waals surface area contributed by atoms with Crippen molar-refractivity contribution in [1.29, 1.82) is 0 Å². The molecule has 1 saturated heterocycles. The molecular weight excluding hydrogens is 374 g/mol. The summed E-state index contributed by atoms with van der Waals surface area (Å²) in [5.41, 5.74) is 3.56. The second kappa shape index (κ2) is 7.98. The average molecular weight is 398 g/mol. The Hall–Kier alpha value is -2.93. The van der Waals surface area contributed by atoms with Crippen molar-refractivity contribution < 1.29 is 14.3 Å². The molecular formula is C21H23N3O3S. The van der Waals surface area contributed by atoms with E-state index in [1.54, 1.807) is 30.3 Å². The van der Waals surface area contributed by atoms with Gasteiger partial charge in [0.25, 0.3) is 11.8 Å². The number of hydrogen-bond donors (Lipinski definition) is 1. The van der Waals surface area contributed by atoms with Crippen LogP contribution >= 0.6 is 12.2 Å². The quantitative estimate of drug-likeness (QED) is 0.477. The summed E-state index contributed by atoms with van der Waals surface area (Å²) in [6.45, 7) is 9.31. The van der Waals surface area contributed by atoms with Gasteiger partial charge in [0, 0.05) is 17.9 Å². The zero-order valence-corrected chi connectivity index (χ0v) is 17.2. The van der Waals surface area contributed by atoms with E-state index < -0.39 is 11.8 Å². The Kier molecular flexibility index (Phi) is 5.65. The molecule has 2 heterocycles.